The number of aryl methyl sites for hydroxylation is 1. The van der Waals surface area contributed by atoms with Gasteiger partial charge in [-0.1, -0.05) is 18.6 Å². The summed E-state index contributed by atoms with van der Waals surface area (Å²) in [5.74, 6) is 1.56. The summed E-state index contributed by atoms with van der Waals surface area (Å²) >= 11 is 0. The maximum atomic E-state index is 13.9. The van der Waals surface area contributed by atoms with Crippen LogP contribution < -0.4 is 0 Å². The van der Waals surface area contributed by atoms with Crippen molar-refractivity contribution in [3.8, 4) is 0 Å². The van der Waals surface area contributed by atoms with Gasteiger partial charge in [0.25, 0.3) is 0 Å². The number of aromatic nitrogens is 3. The standard InChI is InChI=1S/C18H23FN4O2S/c19-15-6-3-4-7-16(15)26(24,25)22-12-9-14(10-13-22)18-21-20-17-8-2-1-5-11-23(17)18/h3-4,6-7,14H,1-2,5,8-13H2. The molecule has 0 radical (unpaired) electrons. The van der Waals surface area contributed by atoms with Crippen LogP contribution in [0.25, 0.3) is 0 Å². The number of hydrogen-bond donors (Lipinski definition) is 0. The van der Waals surface area contributed by atoms with E-state index in [1.165, 1.54) is 28.9 Å². The molecule has 0 spiro atoms. The first-order valence-electron chi connectivity index (χ1n) is 9.24. The van der Waals surface area contributed by atoms with Gasteiger partial charge in [0, 0.05) is 32.0 Å². The maximum absolute atomic E-state index is 13.9. The Hall–Kier alpha value is -1.80. The first-order valence-corrected chi connectivity index (χ1v) is 10.7. The van der Waals surface area contributed by atoms with E-state index in [9.17, 15) is 12.8 Å². The summed E-state index contributed by atoms with van der Waals surface area (Å²) in [4.78, 5) is -0.241. The summed E-state index contributed by atoms with van der Waals surface area (Å²) in [7, 11) is -3.79. The Kier molecular flexibility index (Phi) is 4.79. The zero-order valence-corrected chi connectivity index (χ0v) is 15.5. The quantitative estimate of drug-likeness (QED) is 0.824. The molecule has 2 aliphatic rings. The molecule has 6 nitrogen and oxygen atoms in total. The predicted molar refractivity (Wildman–Crippen MR) is 94.7 cm³/mol. The average Bonchev–Trinajstić information content (AvgIpc) is 2.90. The Morgan fingerprint density at radius 1 is 1.00 bits per heavy atom. The Labute approximate surface area is 153 Å². The van der Waals surface area contributed by atoms with Crippen LogP contribution in [0.2, 0.25) is 0 Å². The van der Waals surface area contributed by atoms with E-state index in [-0.39, 0.29) is 10.8 Å². The van der Waals surface area contributed by atoms with Crippen LogP contribution in [0.5, 0.6) is 0 Å². The molecule has 140 valence electrons. The maximum Gasteiger partial charge on any atom is 0.245 e. The zero-order valence-electron chi connectivity index (χ0n) is 14.6. The van der Waals surface area contributed by atoms with Crippen LogP contribution in [-0.2, 0) is 23.0 Å². The monoisotopic (exact) mass is 378 g/mol. The molecule has 0 saturated carbocycles. The van der Waals surface area contributed by atoms with Crippen LogP contribution in [0.3, 0.4) is 0 Å². The Balaban J connectivity index is 1.50. The molecule has 2 aromatic rings. The van der Waals surface area contributed by atoms with Gasteiger partial charge in [0.15, 0.2) is 0 Å². The molecule has 4 rings (SSSR count). The van der Waals surface area contributed by atoms with Crippen molar-refractivity contribution in [2.45, 2.75) is 55.9 Å². The molecule has 26 heavy (non-hydrogen) atoms. The van der Waals surface area contributed by atoms with Crippen LogP contribution in [0.4, 0.5) is 4.39 Å². The van der Waals surface area contributed by atoms with E-state index in [1.807, 2.05) is 0 Å². The van der Waals surface area contributed by atoms with Crippen molar-refractivity contribution in [1.82, 2.24) is 19.1 Å². The van der Waals surface area contributed by atoms with E-state index >= 15 is 0 Å². The second-order valence-corrected chi connectivity index (χ2v) is 8.95. The zero-order chi connectivity index (χ0) is 18.1. The van der Waals surface area contributed by atoms with Crippen LogP contribution >= 0.6 is 0 Å². The second-order valence-electron chi connectivity index (χ2n) is 7.05. The topological polar surface area (TPSA) is 68.1 Å². The lowest BCUT2D eigenvalue weighted by Gasteiger charge is -2.31. The fourth-order valence-electron chi connectivity index (χ4n) is 3.96. The number of rotatable bonds is 3. The highest BCUT2D eigenvalue weighted by atomic mass is 32.2. The first kappa shape index (κ1) is 17.6. The molecule has 0 aliphatic carbocycles. The van der Waals surface area contributed by atoms with E-state index in [1.54, 1.807) is 6.07 Å². The summed E-state index contributed by atoms with van der Waals surface area (Å²) in [5.41, 5.74) is 0. The van der Waals surface area contributed by atoms with Crippen LogP contribution in [0.15, 0.2) is 29.2 Å². The minimum absolute atomic E-state index is 0.210. The molecule has 0 N–H and O–H groups in total. The highest BCUT2D eigenvalue weighted by molar-refractivity contribution is 7.89. The molecule has 0 bridgehead atoms. The fourth-order valence-corrected chi connectivity index (χ4v) is 5.49. The van der Waals surface area contributed by atoms with Gasteiger partial charge in [-0.2, -0.15) is 4.31 Å². The van der Waals surface area contributed by atoms with Crippen LogP contribution in [0, 0.1) is 5.82 Å². The molecule has 3 heterocycles. The van der Waals surface area contributed by atoms with Gasteiger partial charge >= 0.3 is 0 Å². The SMILES string of the molecule is O=S(=O)(c1ccccc1F)N1CCC(c2nnc3n2CCCCC3)CC1. The van der Waals surface area contributed by atoms with Gasteiger partial charge in [0.1, 0.15) is 22.4 Å². The van der Waals surface area contributed by atoms with Crippen molar-refractivity contribution in [3.05, 3.63) is 41.7 Å². The third-order valence-electron chi connectivity index (χ3n) is 5.41. The molecule has 8 heteroatoms. The molecule has 1 aromatic carbocycles. The van der Waals surface area contributed by atoms with Crippen molar-refractivity contribution in [2.24, 2.45) is 0 Å². The minimum Gasteiger partial charge on any atom is -0.315 e. The fraction of sp³-hybridized carbons (Fsp3) is 0.556. The second kappa shape index (κ2) is 7.08. The minimum atomic E-state index is -3.79. The lowest BCUT2D eigenvalue weighted by atomic mass is 9.97. The van der Waals surface area contributed by atoms with Crippen molar-refractivity contribution < 1.29 is 12.8 Å². The lowest BCUT2D eigenvalue weighted by molar-refractivity contribution is 0.307. The third-order valence-corrected chi connectivity index (χ3v) is 7.34. The van der Waals surface area contributed by atoms with Crippen molar-refractivity contribution in [1.29, 1.82) is 0 Å². The molecule has 2 aliphatic heterocycles. The number of nitrogens with zero attached hydrogens (tertiary/aromatic N) is 4. The van der Waals surface area contributed by atoms with E-state index < -0.39 is 15.8 Å². The van der Waals surface area contributed by atoms with Gasteiger partial charge in [-0.3, -0.25) is 0 Å². The predicted octanol–water partition coefficient (Wildman–Crippen LogP) is 2.71. The van der Waals surface area contributed by atoms with Crippen molar-refractivity contribution in [3.63, 3.8) is 0 Å². The van der Waals surface area contributed by atoms with Crippen molar-refractivity contribution in [2.75, 3.05) is 13.1 Å². The molecule has 1 saturated heterocycles. The van der Waals surface area contributed by atoms with Gasteiger partial charge in [0.05, 0.1) is 0 Å². The largest absolute Gasteiger partial charge is 0.315 e. The number of hydrogen-bond acceptors (Lipinski definition) is 4. The van der Waals surface area contributed by atoms with Crippen LogP contribution in [-0.4, -0.2) is 40.6 Å². The van der Waals surface area contributed by atoms with Gasteiger partial charge in [-0.25, -0.2) is 12.8 Å². The van der Waals surface area contributed by atoms with E-state index in [0.29, 0.717) is 25.9 Å². The first-order chi connectivity index (χ1) is 12.6. The number of halogens is 1. The Morgan fingerprint density at radius 3 is 2.54 bits per heavy atom. The smallest absolute Gasteiger partial charge is 0.245 e. The summed E-state index contributed by atoms with van der Waals surface area (Å²) in [5, 5.41) is 8.76. The highest BCUT2D eigenvalue weighted by Gasteiger charge is 2.33. The summed E-state index contributed by atoms with van der Waals surface area (Å²) in [6, 6.07) is 5.56. The number of fused-ring (bicyclic) bond motifs is 1. The molecule has 0 unspecified atom stereocenters. The molecule has 0 amide bonds. The normalized spacial score (nSPS) is 19.9. The molecule has 1 aromatic heterocycles. The Bertz CT molecular complexity index is 888. The third kappa shape index (κ3) is 3.16. The summed E-state index contributed by atoms with van der Waals surface area (Å²) in [6.07, 6.45) is 5.84. The van der Waals surface area contributed by atoms with E-state index in [4.69, 9.17) is 0 Å². The van der Waals surface area contributed by atoms with Crippen LogP contribution in [0.1, 0.15) is 49.7 Å². The van der Waals surface area contributed by atoms with Gasteiger partial charge in [0.2, 0.25) is 10.0 Å². The van der Waals surface area contributed by atoms with Gasteiger partial charge < -0.3 is 4.57 Å². The molecular formula is C18H23FN4O2S. The summed E-state index contributed by atoms with van der Waals surface area (Å²) in [6.45, 7) is 1.71. The number of piperidine rings is 1. The van der Waals surface area contributed by atoms with Gasteiger partial charge in [-0.05, 0) is 37.8 Å². The Morgan fingerprint density at radius 2 is 1.77 bits per heavy atom. The summed E-state index contributed by atoms with van der Waals surface area (Å²) < 4.78 is 43.0. The van der Waals surface area contributed by atoms with Crippen molar-refractivity contribution >= 4 is 10.0 Å². The van der Waals surface area contributed by atoms with E-state index in [2.05, 4.69) is 14.8 Å². The number of benzene rings is 1. The van der Waals surface area contributed by atoms with E-state index in [0.717, 1.165) is 37.5 Å². The average molecular weight is 378 g/mol. The molecule has 0 atom stereocenters. The molecular weight excluding hydrogens is 355 g/mol. The number of sulfonamides is 1. The highest BCUT2D eigenvalue weighted by Crippen LogP contribution is 2.31. The van der Waals surface area contributed by atoms with Gasteiger partial charge in [-0.15, -0.1) is 10.2 Å². The lowest BCUT2D eigenvalue weighted by Crippen LogP contribution is -2.38. The molecule has 1 fully saturated rings.